The lowest BCUT2D eigenvalue weighted by Gasteiger charge is -2.20. The second kappa shape index (κ2) is 8.72. The van der Waals surface area contributed by atoms with Crippen LogP contribution < -0.4 is 10.6 Å². The van der Waals surface area contributed by atoms with Crippen molar-refractivity contribution in [2.24, 2.45) is 0 Å². The Hall–Kier alpha value is -3.11. The summed E-state index contributed by atoms with van der Waals surface area (Å²) in [6.45, 7) is 8.52. The Kier molecular flexibility index (Phi) is 6.73. The van der Waals surface area contributed by atoms with E-state index in [1.165, 1.54) is 30.3 Å². The van der Waals surface area contributed by atoms with E-state index in [0.717, 1.165) is 6.07 Å². The molecular formula is C22H23ClFN3O3. The number of hydrogen-bond donors (Lipinski definition) is 2. The largest absolute Gasteiger partial charge is 0.444 e. The van der Waals surface area contributed by atoms with Gasteiger partial charge in [0, 0.05) is 16.3 Å². The van der Waals surface area contributed by atoms with Gasteiger partial charge in [-0.3, -0.25) is 10.1 Å². The minimum atomic E-state index is -0.907. The number of nitrogens with one attached hydrogen (secondary N) is 2. The highest BCUT2D eigenvalue weighted by Crippen LogP contribution is 2.30. The number of carbonyl (C=O) groups is 2. The number of halogens is 2. The highest BCUT2D eigenvalue weighted by atomic mass is 35.5. The van der Waals surface area contributed by atoms with Gasteiger partial charge in [0.15, 0.2) is 0 Å². The predicted molar refractivity (Wildman–Crippen MR) is 114 cm³/mol. The lowest BCUT2D eigenvalue weighted by atomic mass is 9.85. The van der Waals surface area contributed by atoms with E-state index in [0.29, 0.717) is 10.6 Å². The monoisotopic (exact) mass is 431 g/mol. The van der Waals surface area contributed by atoms with Crippen LogP contribution in [-0.2, 0) is 10.2 Å². The van der Waals surface area contributed by atoms with Gasteiger partial charge in [-0.15, -0.1) is 0 Å². The van der Waals surface area contributed by atoms with Gasteiger partial charge in [-0.1, -0.05) is 11.6 Å². The molecule has 0 saturated heterocycles. The molecule has 0 aliphatic heterocycles. The molecule has 0 heterocycles. The summed E-state index contributed by atoms with van der Waals surface area (Å²) in [4.78, 5) is 24.6. The molecule has 2 rings (SSSR count). The lowest BCUT2D eigenvalue weighted by molar-refractivity contribution is 0.0635. The summed E-state index contributed by atoms with van der Waals surface area (Å²) in [7, 11) is 0. The molecular weight excluding hydrogens is 409 g/mol. The molecule has 0 fully saturated rings. The molecule has 0 spiro atoms. The number of anilines is 2. The maximum absolute atomic E-state index is 14.2. The molecule has 30 heavy (non-hydrogen) atoms. The van der Waals surface area contributed by atoms with Crippen LogP contribution in [0.4, 0.5) is 20.6 Å². The number of nitriles is 1. The van der Waals surface area contributed by atoms with E-state index in [9.17, 15) is 19.2 Å². The Bertz CT molecular complexity index is 1020. The number of hydrogen-bond acceptors (Lipinski definition) is 4. The Balaban J connectivity index is 2.24. The zero-order valence-corrected chi connectivity index (χ0v) is 18.1. The van der Waals surface area contributed by atoms with Gasteiger partial charge < -0.3 is 10.1 Å². The minimum Gasteiger partial charge on any atom is -0.444 e. The molecule has 2 N–H and O–H groups in total. The van der Waals surface area contributed by atoms with Crippen molar-refractivity contribution in [2.75, 3.05) is 10.6 Å². The van der Waals surface area contributed by atoms with Gasteiger partial charge in [0.2, 0.25) is 0 Å². The fourth-order valence-electron chi connectivity index (χ4n) is 2.52. The standard InChI is InChI=1S/C22H23ClFN3O3/c1-21(2,3)30-20(29)26-14-7-9-17(24)18(11-14)27-19(28)13-6-8-16(23)15(10-13)22(4,5)12-25/h6-11H,1-5H3,(H,26,29)(H,27,28). The number of carbonyl (C=O) groups excluding carboxylic acids is 2. The fourth-order valence-corrected chi connectivity index (χ4v) is 2.87. The fraction of sp³-hybridized carbons (Fsp3) is 0.318. The van der Waals surface area contributed by atoms with E-state index < -0.39 is 28.8 Å². The van der Waals surface area contributed by atoms with E-state index in [1.54, 1.807) is 34.6 Å². The van der Waals surface area contributed by atoms with Crippen LogP contribution in [0.15, 0.2) is 36.4 Å². The molecule has 0 aliphatic rings. The summed E-state index contributed by atoms with van der Waals surface area (Å²) in [6, 6.07) is 10.4. The number of ether oxygens (including phenoxy) is 1. The van der Waals surface area contributed by atoms with Gasteiger partial charge >= 0.3 is 6.09 Å². The highest BCUT2D eigenvalue weighted by Gasteiger charge is 2.24. The van der Waals surface area contributed by atoms with E-state index in [4.69, 9.17) is 16.3 Å². The first kappa shape index (κ1) is 23.2. The van der Waals surface area contributed by atoms with Crippen LogP contribution in [0.3, 0.4) is 0 Å². The van der Waals surface area contributed by atoms with Crippen molar-refractivity contribution in [3.8, 4) is 6.07 Å². The second-order valence-corrected chi connectivity index (χ2v) is 8.61. The maximum atomic E-state index is 14.2. The van der Waals surface area contributed by atoms with Gasteiger partial charge in [0.1, 0.15) is 11.4 Å². The first-order valence-electron chi connectivity index (χ1n) is 9.14. The van der Waals surface area contributed by atoms with Crippen LogP contribution in [-0.4, -0.2) is 17.6 Å². The van der Waals surface area contributed by atoms with Crippen molar-refractivity contribution in [3.05, 3.63) is 58.4 Å². The minimum absolute atomic E-state index is 0.121. The summed E-state index contributed by atoms with van der Waals surface area (Å²) in [5.41, 5.74) is -0.767. The van der Waals surface area contributed by atoms with E-state index in [2.05, 4.69) is 16.7 Å². The third-order valence-corrected chi connectivity index (χ3v) is 4.37. The molecule has 6 nitrogen and oxygen atoms in total. The van der Waals surface area contributed by atoms with Crippen LogP contribution in [0, 0.1) is 17.1 Å². The summed E-state index contributed by atoms with van der Waals surface area (Å²) < 4.78 is 19.4. The maximum Gasteiger partial charge on any atom is 0.412 e. The molecule has 2 aromatic rings. The molecule has 0 unspecified atom stereocenters. The van der Waals surface area contributed by atoms with Crippen molar-refractivity contribution in [3.63, 3.8) is 0 Å². The molecule has 0 bridgehead atoms. The Morgan fingerprint density at radius 3 is 2.33 bits per heavy atom. The van der Waals surface area contributed by atoms with Crippen LogP contribution in [0.1, 0.15) is 50.5 Å². The van der Waals surface area contributed by atoms with Crippen molar-refractivity contribution in [2.45, 2.75) is 45.6 Å². The molecule has 0 saturated carbocycles. The van der Waals surface area contributed by atoms with E-state index in [1.807, 2.05) is 0 Å². The van der Waals surface area contributed by atoms with Crippen LogP contribution >= 0.6 is 11.6 Å². The Labute approximate surface area is 180 Å². The highest BCUT2D eigenvalue weighted by molar-refractivity contribution is 6.31. The zero-order valence-electron chi connectivity index (χ0n) is 17.4. The zero-order chi connectivity index (χ0) is 22.7. The third-order valence-electron chi connectivity index (χ3n) is 4.04. The van der Waals surface area contributed by atoms with Crippen molar-refractivity contribution in [1.82, 2.24) is 0 Å². The number of benzene rings is 2. The Morgan fingerprint density at radius 2 is 1.73 bits per heavy atom. The van der Waals surface area contributed by atoms with E-state index >= 15 is 0 Å². The smallest absolute Gasteiger partial charge is 0.412 e. The van der Waals surface area contributed by atoms with Gasteiger partial charge in [-0.05, 0) is 76.6 Å². The number of nitrogens with zero attached hydrogens (tertiary/aromatic N) is 1. The lowest BCUT2D eigenvalue weighted by Crippen LogP contribution is -2.27. The van der Waals surface area contributed by atoms with Crippen molar-refractivity contribution < 1.29 is 18.7 Å². The average Bonchev–Trinajstić information content (AvgIpc) is 2.63. The molecule has 2 aromatic carbocycles. The molecule has 2 amide bonds. The van der Waals surface area contributed by atoms with Gasteiger partial charge in [-0.25, -0.2) is 9.18 Å². The van der Waals surface area contributed by atoms with Gasteiger partial charge in [0.25, 0.3) is 5.91 Å². The molecule has 0 radical (unpaired) electrons. The normalized spacial score (nSPS) is 11.4. The van der Waals surface area contributed by atoms with Crippen LogP contribution in [0.2, 0.25) is 5.02 Å². The molecule has 0 aliphatic carbocycles. The first-order valence-corrected chi connectivity index (χ1v) is 9.52. The predicted octanol–water partition coefficient (Wildman–Crippen LogP) is 5.88. The second-order valence-electron chi connectivity index (χ2n) is 8.21. The summed E-state index contributed by atoms with van der Waals surface area (Å²) in [5, 5.41) is 14.7. The summed E-state index contributed by atoms with van der Waals surface area (Å²) in [6.07, 6.45) is -0.701. The van der Waals surface area contributed by atoms with Gasteiger partial charge in [-0.2, -0.15) is 5.26 Å². The molecule has 0 aromatic heterocycles. The van der Waals surface area contributed by atoms with Crippen LogP contribution in [0.5, 0.6) is 0 Å². The average molecular weight is 432 g/mol. The SMILES string of the molecule is CC(C)(C)OC(=O)Nc1ccc(F)c(NC(=O)c2ccc(Cl)c(C(C)(C)C#N)c2)c1. The summed E-state index contributed by atoms with van der Waals surface area (Å²) >= 11 is 6.17. The Morgan fingerprint density at radius 1 is 1.07 bits per heavy atom. The number of amides is 2. The topological polar surface area (TPSA) is 91.2 Å². The quantitative estimate of drug-likeness (QED) is 0.632. The molecule has 0 atom stereocenters. The van der Waals surface area contributed by atoms with Crippen LogP contribution in [0.25, 0.3) is 0 Å². The third kappa shape index (κ3) is 5.94. The molecule has 8 heteroatoms. The van der Waals surface area contributed by atoms with E-state index in [-0.39, 0.29) is 16.9 Å². The molecule has 158 valence electrons. The van der Waals surface area contributed by atoms with Crippen molar-refractivity contribution in [1.29, 1.82) is 5.26 Å². The number of rotatable bonds is 4. The van der Waals surface area contributed by atoms with Crippen molar-refractivity contribution >= 4 is 35.0 Å². The first-order chi connectivity index (χ1) is 13.8. The van der Waals surface area contributed by atoms with Gasteiger partial charge in [0.05, 0.1) is 17.2 Å². The summed E-state index contributed by atoms with van der Waals surface area (Å²) in [5.74, 6) is -1.26.